The van der Waals surface area contributed by atoms with Gasteiger partial charge in [-0.3, -0.25) is 9.69 Å². The molecule has 1 atom stereocenters. The molecule has 2 N–H and O–H groups in total. The number of amides is 1. The number of carbonyl (C=O) groups excluding carboxylic acids is 1. The molecule has 2 aliphatic rings. The Kier molecular flexibility index (Phi) is 6.30. The predicted molar refractivity (Wildman–Crippen MR) is 80.5 cm³/mol. The van der Waals surface area contributed by atoms with Crippen molar-refractivity contribution in [1.29, 1.82) is 0 Å². The molecule has 0 heterocycles. The van der Waals surface area contributed by atoms with Crippen molar-refractivity contribution in [1.82, 2.24) is 10.2 Å². The summed E-state index contributed by atoms with van der Waals surface area (Å²) in [6.45, 7) is 2.75. The van der Waals surface area contributed by atoms with E-state index in [4.69, 9.17) is 0 Å². The zero-order valence-corrected chi connectivity index (χ0v) is 12.8. The van der Waals surface area contributed by atoms with Gasteiger partial charge >= 0.3 is 0 Å². The van der Waals surface area contributed by atoms with E-state index in [1.807, 2.05) is 6.92 Å². The van der Waals surface area contributed by atoms with Crippen LogP contribution >= 0.6 is 0 Å². The number of nitrogens with one attached hydrogen (secondary N) is 1. The second-order valence-electron chi connectivity index (χ2n) is 6.42. The van der Waals surface area contributed by atoms with Crippen molar-refractivity contribution in [2.75, 3.05) is 13.2 Å². The minimum atomic E-state index is -0.120. The second-order valence-corrected chi connectivity index (χ2v) is 6.42. The first kappa shape index (κ1) is 15.8. The summed E-state index contributed by atoms with van der Waals surface area (Å²) in [5.41, 5.74) is 0. The van der Waals surface area contributed by atoms with Crippen LogP contribution in [0.25, 0.3) is 0 Å². The molecule has 1 amide bonds. The van der Waals surface area contributed by atoms with Gasteiger partial charge in [0.05, 0.1) is 12.6 Å². The highest BCUT2D eigenvalue weighted by Crippen LogP contribution is 2.24. The first-order chi connectivity index (χ1) is 9.72. The van der Waals surface area contributed by atoms with Gasteiger partial charge < -0.3 is 10.4 Å². The fourth-order valence-electron chi connectivity index (χ4n) is 3.76. The zero-order chi connectivity index (χ0) is 14.4. The van der Waals surface area contributed by atoms with Crippen LogP contribution in [0.15, 0.2) is 0 Å². The first-order valence-corrected chi connectivity index (χ1v) is 8.39. The van der Waals surface area contributed by atoms with Crippen LogP contribution in [0.1, 0.15) is 64.7 Å². The van der Waals surface area contributed by atoms with E-state index in [9.17, 15) is 9.90 Å². The number of carbonyl (C=O) groups is 1. The molecule has 0 radical (unpaired) electrons. The lowest BCUT2D eigenvalue weighted by Gasteiger charge is -2.37. The van der Waals surface area contributed by atoms with Crippen LogP contribution in [0, 0.1) is 0 Å². The quantitative estimate of drug-likeness (QED) is 0.784. The third-order valence-electron chi connectivity index (χ3n) is 4.98. The molecule has 20 heavy (non-hydrogen) atoms. The van der Waals surface area contributed by atoms with Crippen molar-refractivity contribution in [3.05, 3.63) is 0 Å². The molecule has 0 saturated heterocycles. The van der Waals surface area contributed by atoms with Gasteiger partial charge in [0.15, 0.2) is 0 Å². The molecule has 1 unspecified atom stereocenters. The number of aliphatic hydroxyl groups excluding tert-OH is 1. The van der Waals surface area contributed by atoms with Gasteiger partial charge in [-0.15, -0.1) is 0 Å². The third-order valence-corrected chi connectivity index (χ3v) is 4.98. The topological polar surface area (TPSA) is 52.6 Å². The summed E-state index contributed by atoms with van der Waals surface area (Å²) in [6, 6.07) is 0.735. The monoisotopic (exact) mass is 282 g/mol. The van der Waals surface area contributed by atoms with Gasteiger partial charge in [0.2, 0.25) is 5.91 Å². The molecule has 2 rings (SSSR count). The lowest BCUT2D eigenvalue weighted by Crippen LogP contribution is -2.52. The molecule has 0 aliphatic heterocycles. The van der Waals surface area contributed by atoms with Gasteiger partial charge in [-0.1, -0.05) is 32.1 Å². The van der Waals surface area contributed by atoms with Gasteiger partial charge in [-0.25, -0.2) is 0 Å². The maximum Gasteiger partial charge on any atom is 0.237 e. The summed E-state index contributed by atoms with van der Waals surface area (Å²) in [4.78, 5) is 14.6. The molecule has 4 heteroatoms. The summed E-state index contributed by atoms with van der Waals surface area (Å²) >= 11 is 0. The Morgan fingerprint density at radius 3 is 2.35 bits per heavy atom. The Hall–Kier alpha value is -0.610. The smallest absolute Gasteiger partial charge is 0.237 e. The van der Waals surface area contributed by atoms with E-state index in [1.54, 1.807) is 0 Å². The van der Waals surface area contributed by atoms with Gasteiger partial charge in [-0.05, 0) is 32.6 Å². The van der Waals surface area contributed by atoms with Crippen LogP contribution in [0.2, 0.25) is 0 Å². The maximum absolute atomic E-state index is 12.4. The molecule has 2 fully saturated rings. The standard InChI is InChI=1S/C16H30N2O2/c1-13(16(20)17-14-7-5-6-8-14)18(11-12-19)15-9-3-2-4-10-15/h13-15,19H,2-12H2,1H3,(H,17,20). The summed E-state index contributed by atoms with van der Waals surface area (Å²) < 4.78 is 0. The molecule has 0 bridgehead atoms. The molecule has 0 spiro atoms. The van der Waals surface area contributed by atoms with Crippen LogP contribution in [0.5, 0.6) is 0 Å². The summed E-state index contributed by atoms with van der Waals surface area (Å²) in [5.74, 6) is 0.149. The first-order valence-electron chi connectivity index (χ1n) is 8.39. The Bertz CT molecular complexity index is 297. The molecule has 2 aliphatic carbocycles. The van der Waals surface area contributed by atoms with E-state index in [1.165, 1.54) is 44.9 Å². The van der Waals surface area contributed by atoms with Crippen LogP contribution in [-0.2, 0) is 4.79 Å². The fourth-order valence-corrected chi connectivity index (χ4v) is 3.76. The number of aliphatic hydroxyl groups is 1. The second kappa shape index (κ2) is 7.99. The van der Waals surface area contributed by atoms with Crippen LogP contribution in [-0.4, -0.2) is 47.2 Å². The number of hydrogen-bond acceptors (Lipinski definition) is 3. The fraction of sp³-hybridized carbons (Fsp3) is 0.938. The third kappa shape index (κ3) is 4.19. The summed E-state index contributed by atoms with van der Waals surface area (Å²) in [6.07, 6.45) is 10.9. The van der Waals surface area contributed by atoms with E-state index < -0.39 is 0 Å². The van der Waals surface area contributed by atoms with Crippen molar-refractivity contribution in [2.45, 2.75) is 82.8 Å². The maximum atomic E-state index is 12.4. The highest BCUT2D eigenvalue weighted by molar-refractivity contribution is 5.81. The highest BCUT2D eigenvalue weighted by Gasteiger charge is 2.30. The van der Waals surface area contributed by atoms with Gasteiger partial charge in [-0.2, -0.15) is 0 Å². The predicted octanol–water partition coefficient (Wildman–Crippen LogP) is 2.06. The lowest BCUT2D eigenvalue weighted by molar-refractivity contribution is -0.128. The average Bonchev–Trinajstić information content (AvgIpc) is 2.98. The van der Waals surface area contributed by atoms with E-state index in [0.717, 1.165) is 12.8 Å². The summed E-state index contributed by atoms with van der Waals surface area (Å²) in [5, 5.41) is 12.5. The van der Waals surface area contributed by atoms with Crippen LogP contribution in [0.4, 0.5) is 0 Å². The van der Waals surface area contributed by atoms with Crippen molar-refractivity contribution < 1.29 is 9.90 Å². The molecule has 116 valence electrons. The van der Waals surface area contributed by atoms with Crippen LogP contribution in [0.3, 0.4) is 0 Å². The molecular formula is C16H30N2O2. The Morgan fingerprint density at radius 2 is 1.75 bits per heavy atom. The van der Waals surface area contributed by atoms with Crippen molar-refractivity contribution in [3.63, 3.8) is 0 Å². The van der Waals surface area contributed by atoms with Crippen LogP contribution < -0.4 is 5.32 Å². The zero-order valence-electron chi connectivity index (χ0n) is 12.8. The number of hydrogen-bond donors (Lipinski definition) is 2. The highest BCUT2D eigenvalue weighted by atomic mass is 16.3. The largest absolute Gasteiger partial charge is 0.395 e. The van der Waals surface area contributed by atoms with Crippen molar-refractivity contribution in [3.8, 4) is 0 Å². The molecule has 0 aromatic heterocycles. The lowest BCUT2D eigenvalue weighted by atomic mass is 9.93. The van der Waals surface area contributed by atoms with E-state index >= 15 is 0 Å². The number of nitrogens with zero attached hydrogens (tertiary/aromatic N) is 1. The van der Waals surface area contributed by atoms with E-state index in [0.29, 0.717) is 18.6 Å². The number of rotatable bonds is 6. The van der Waals surface area contributed by atoms with E-state index in [2.05, 4.69) is 10.2 Å². The Morgan fingerprint density at radius 1 is 1.15 bits per heavy atom. The molecule has 4 nitrogen and oxygen atoms in total. The molecule has 0 aromatic carbocycles. The van der Waals surface area contributed by atoms with E-state index in [-0.39, 0.29) is 18.6 Å². The Labute approximate surface area is 122 Å². The van der Waals surface area contributed by atoms with Gasteiger partial charge in [0.25, 0.3) is 0 Å². The summed E-state index contributed by atoms with van der Waals surface area (Å²) in [7, 11) is 0. The molecule has 2 saturated carbocycles. The Balaban J connectivity index is 1.90. The van der Waals surface area contributed by atoms with Gasteiger partial charge in [0, 0.05) is 18.6 Å². The van der Waals surface area contributed by atoms with Crippen molar-refractivity contribution >= 4 is 5.91 Å². The van der Waals surface area contributed by atoms with Gasteiger partial charge in [0.1, 0.15) is 0 Å². The SMILES string of the molecule is CC(C(=O)NC1CCCC1)N(CCO)C1CCCCC1. The molecule has 0 aromatic rings. The average molecular weight is 282 g/mol. The van der Waals surface area contributed by atoms with Crippen molar-refractivity contribution in [2.24, 2.45) is 0 Å². The molecular weight excluding hydrogens is 252 g/mol. The minimum absolute atomic E-state index is 0.120. The normalized spacial score (nSPS) is 23.1. The minimum Gasteiger partial charge on any atom is -0.395 e.